The topological polar surface area (TPSA) is 77.6 Å². The molecule has 1 aromatic carbocycles. The molecule has 1 amide bonds. The monoisotopic (exact) mass is 338 g/mol. The second-order valence-corrected chi connectivity index (χ2v) is 6.14. The molecule has 0 aliphatic rings. The van der Waals surface area contributed by atoms with Crippen LogP contribution in [0.15, 0.2) is 36.9 Å². The van der Waals surface area contributed by atoms with Crippen molar-refractivity contribution in [2.75, 3.05) is 0 Å². The lowest BCUT2D eigenvalue weighted by Crippen LogP contribution is -2.25. The van der Waals surface area contributed by atoms with Gasteiger partial charge in [0, 0.05) is 24.8 Å². The van der Waals surface area contributed by atoms with E-state index in [4.69, 9.17) is 0 Å². The normalized spacial score (nSPS) is 10.8. The van der Waals surface area contributed by atoms with Gasteiger partial charge in [-0.1, -0.05) is 24.3 Å². The Hall–Kier alpha value is -2.96. The third kappa shape index (κ3) is 4.12. The Labute approximate surface area is 146 Å². The molecule has 0 unspecified atom stereocenters. The van der Waals surface area contributed by atoms with Gasteiger partial charge in [0.05, 0.1) is 18.7 Å². The van der Waals surface area contributed by atoms with Crippen LogP contribution in [0.3, 0.4) is 0 Å². The van der Waals surface area contributed by atoms with Crippen molar-refractivity contribution in [3.05, 3.63) is 65.0 Å². The van der Waals surface area contributed by atoms with E-state index in [1.165, 1.54) is 6.33 Å². The number of hydrogen-bond acceptors (Lipinski definition) is 4. The van der Waals surface area contributed by atoms with E-state index in [9.17, 15) is 4.79 Å². The number of carbonyl (C=O) groups excluding carboxylic acids is 1. The first-order chi connectivity index (χ1) is 12.0. The van der Waals surface area contributed by atoms with Gasteiger partial charge in [-0.05, 0) is 25.0 Å². The van der Waals surface area contributed by atoms with Crippen molar-refractivity contribution in [1.29, 1.82) is 0 Å². The maximum Gasteiger partial charge on any atom is 0.224 e. The lowest BCUT2D eigenvalue weighted by molar-refractivity contribution is -0.120. The molecule has 7 heteroatoms. The van der Waals surface area contributed by atoms with Crippen LogP contribution >= 0.6 is 0 Å². The molecule has 0 saturated heterocycles. The van der Waals surface area contributed by atoms with Crippen molar-refractivity contribution in [2.45, 2.75) is 33.4 Å². The quantitative estimate of drug-likeness (QED) is 0.739. The van der Waals surface area contributed by atoms with Gasteiger partial charge in [-0.25, -0.2) is 9.67 Å². The summed E-state index contributed by atoms with van der Waals surface area (Å²) < 4.78 is 3.58. The second-order valence-electron chi connectivity index (χ2n) is 6.14. The van der Waals surface area contributed by atoms with Gasteiger partial charge < -0.3 is 5.32 Å². The molecule has 3 rings (SSSR count). The van der Waals surface area contributed by atoms with Crippen LogP contribution in [0.25, 0.3) is 0 Å². The van der Waals surface area contributed by atoms with Gasteiger partial charge in [-0.3, -0.25) is 9.48 Å². The summed E-state index contributed by atoms with van der Waals surface area (Å²) in [6.45, 7) is 5.12. The van der Waals surface area contributed by atoms with E-state index >= 15 is 0 Å². The van der Waals surface area contributed by atoms with Crippen molar-refractivity contribution in [3.63, 3.8) is 0 Å². The van der Waals surface area contributed by atoms with Gasteiger partial charge >= 0.3 is 0 Å². The largest absolute Gasteiger partial charge is 0.352 e. The van der Waals surface area contributed by atoms with Crippen molar-refractivity contribution < 1.29 is 4.79 Å². The fraction of sp³-hybridized carbons (Fsp3) is 0.333. The third-order valence-electron chi connectivity index (χ3n) is 4.32. The summed E-state index contributed by atoms with van der Waals surface area (Å²) in [5.74, 6) is 0.00546. The van der Waals surface area contributed by atoms with E-state index in [-0.39, 0.29) is 5.91 Å². The van der Waals surface area contributed by atoms with E-state index < -0.39 is 0 Å². The predicted molar refractivity (Wildman–Crippen MR) is 93.8 cm³/mol. The number of hydrogen-bond donors (Lipinski definition) is 1. The van der Waals surface area contributed by atoms with Crippen molar-refractivity contribution in [2.24, 2.45) is 7.05 Å². The van der Waals surface area contributed by atoms with Gasteiger partial charge in [0.1, 0.15) is 12.7 Å². The van der Waals surface area contributed by atoms with Gasteiger partial charge in [0.25, 0.3) is 0 Å². The van der Waals surface area contributed by atoms with Crippen LogP contribution in [-0.4, -0.2) is 30.5 Å². The number of nitrogens with one attached hydrogen (secondary N) is 1. The zero-order chi connectivity index (χ0) is 17.8. The van der Waals surface area contributed by atoms with Gasteiger partial charge in [-0.15, -0.1) is 0 Å². The summed E-state index contributed by atoms with van der Waals surface area (Å²) in [5, 5.41) is 11.4. The number of aromatic nitrogens is 5. The molecule has 0 aliphatic carbocycles. The van der Waals surface area contributed by atoms with Crippen molar-refractivity contribution in [3.8, 4) is 0 Å². The van der Waals surface area contributed by atoms with Gasteiger partial charge in [0.15, 0.2) is 0 Å². The summed E-state index contributed by atoms with van der Waals surface area (Å²) in [5.41, 5.74) is 5.15. The maximum absolute atomic E-state index is 12.2. The molecule has 130 valence electrons. The highest BCUT2D eigenvalue weighted by atomic mass is 16.1. The Kier molecular flexibility index (Phi) is 4.92. The average Bonchev–Trinajstić information content (AvgIpc) is 3.18. The molecule has 2 heterocycles. The number of nitrogens with zero attached hydrogens (tertiary/aromatic N) is 5. The highest BCUT2D eigenvalue weighted by molar-refractivity contribution is 5.79. The number of carbonyl (C=O) groups is 1. The van der Waals surface area contributed by atoms with E-state index in [0.29, 0.717) is 19.5 Å². The average molecular weight is 338 g/mol. The highest BCUT2D eigenvalue weighted by Crippen LogP contribution is 2.12. The van der Waals surface area contributed by atoms with Gasteiger partial charge in [0.2, 0.25) is 5.91 Å². The summed E-state index contributed by atoms with van der Waals surface area (Å²) in [4.78, 5) is 16.1. The molecule has 0 saturated carbocycles. The second kappa shape index (κ2) is 7.29. The maximum atomic E-state index is 12.2. The molecular weight excluding hydrogens is 316 g/mol. The molecule has 0 atom stereocenters. The Morgan fingerprint density at radius 3 is 2.48 bits per heavy atom. The van der Waals surface area contributed by atoms with Crippen LogP contribution in [0.5, 0.6) is 0 Å². The summed E-state index contributed by atoms with van der Waals surface area (Å²) >= 11 is 0. The van der Waals surface area contributed by atoms with Crippen LogP contribution in [0, 0.1) is 13.8 Å². The zero-order valence-corrected chi connectivity index (χ0v) is 14.7. The van der Waals surface area contributed by atoms with Crippen molar-refractivity contribution in [1.82, 2.24) is 29.9 Å². The van der Waals surface area contributed by atoms with Crippen molar-refractivity contribution >= 4 is 5.91 Å². The molecule has 0 spiro atoms. The van der Waals surface area contributed by atoms with E-state index in [2.05, 4.69) is 20.5 Å². The Morgan fingerprint density at radius 1 is 1.16 bits per heavy atom. The van der Waals surface area contributed by atoms with Crippen LogP contribution in [0.1, 0.15) is 28.1 Å². The lowest BCUT2D eigenvalue weighted by Gasteiger charge is -2.07. The SMILES string of the molecule is Cc1nn(C)c(C)c1CC(=O)NCc1ccc(Cn2cncn2)cc1. The Bertz CT molecular complexity index is 849. The highest BCUT2D eigenvalue weighted by Gasteiger charge is 2.13. The lowest BCUT2D eigenvalue weighted by atomic mass is 10.1. The van der Waals surface area contributed by atoms with Crippen LogP contribution in [0.4, 0.5) is 0 Å². The molecule has 0 radical (unpaired) electrons. The minimum atomic E-state index is 0.00546. The summed E-state index contributed by atoms with van der Waals surface area (Å²) in [6, 6.07) is 8.12. The smallest absolute Gasteiger partial charge is 0.224 e. The van der Waals surface area contributed by atoms with E-state index in [1.54, 1.807) is 11.0 Å². The Balaban J connectivity index is 1.53. The minimum absolute atomic E-state index is 0.00546. The first-order valence-corrected chi connectivity index (χ1v) is 8.19. The minimum Gasteiger partial charge on any atom is -0.352 e. The predicted octanol–water partition coefficient (Wildman–Crippen LogP) is 1.54. The van der Waals surface area contributed by atoms with E-state index in [1.807, 2.05) is 49.8 Å². The van der Waals surface area contributed by atoms with Crippen LogP contribution in [0.2, 0.25) is 0 Å². The molecule has 7 nitrogen and oxygen atoms in total. The fourth-order valence-electron chi connectivity index (χ4n) is 2.76. The molecule has 2 aromatic heterocycles. The Morgan fingerprint density at radius 2 is 1.88 bits per heavy atom. The number of rotatable bonds is 6. The van der Waals surface area contributed by atoms with E-state index in [0.717, 1.165) is 28.1 Å². The number of aryl methyl sites for hydroxylation is 2. The molecule has 0 fully saturated rings. The number of benzene rings is 1. The van der Waals surface area contributed by atoms with Gasteiger partial charge in [-0.2, -0.15) is 10.2 Å². The molecule has 25 heavy (non-hydrogen) atoms. The molecule has 0 bridgehead atoms. The molecule has 1 N–H and O–H groups in total. The first kappa shape index (κ1) is 16.9. The molecule has 3 aromatic rings. The first-order valence-electron chi connectivity index (χ1n) is 8.19. The molecular formula is C18H22N6O. The summed E-state index contributed by atoms with van der Waals surface area (Å²) in [7, 11) is 1.89. The molecule has 0 aliphatic heterocycles. The standard InChI is InChI=1S/C18H22N6O/c1-13-17(14(2)23(3)22-13)8-18(25)20-9-15-4-6-16(7-5-15)10-24-12-19-11-21-24/h4-7,11-12H,8-10H2,1-3H3,(H,20,25). The fourth-order valence-corrected chi connectivity index (χ4v) is 2.76. The summed E-state index contributed by atoms with van der Waals surface area (Å²) in [6.07, 6.45) is 3.57. The number of amides is 1. The van der Waals surface area contributed by atoms with Crippen LogP contribution < -0.4 is 5.32 Å². The van der Waals surface area contributed by atoms with Crippen LogP contribution in [-0.2, 0) is 31.4 Å². The third-order valence-corrected chi connectivity index (χ3v) is 4.32. The zero-order valence-electron chi connectivity index (χ0n) is 14.7.